The summed E-state index contributed by atoms with van der Waals surface area (Å²) in [5.41, 5.74) is -0.140. The minimum atomic E-state index is -0.579. The smallest absolute Gasteiger partial charge is 0.267 e. The van der Waals surface area contributed by atoms with Gasteiger partial charge in [-0.2, -0.15) is 5.10 Å². The van der Waals surface area contributed by atoms with Crippen LogP contribution in [0.25, 0.3) is 0 Å². The van der Waals surface area contributed by atoms with Gasteiger partial charge in [0.15, 0.2) is 0 Å². The van der Waals surface area contributed by atoms with Gasteiger partial charge in [-0.3, -0.25) is 9.36 Å². The second kappa shape index (κ2) is 4.32. The van der Waals surface area contributed by atoms with E-state index < -0.39 is 11.2 Å². The first-order chi connectivity index (χ1) is 8.08. The second-order valence-corrected chi connectivity index (χ2v) is 3.63. The van der Waals surface area contributed by atoms with Crippen LogP contribution < -0.4 is 11.2 Å². The molecule has 0 radical (unpaired) electrons. The number of hydrogen-bond donors (Lipinski definition) is 1. The number of aryl methyl sites for hydroxylation is 1. The highest BCUT2D eigenvalue weighted by Crippen LogP contribution is 2.02. The van der Waals surface area contributed by atoms with Crippen LogP contribution in [0.3, 0.4) is 0 Å². The molecule has 2 rings (SSSR count). The molecular formula is C11H10FN3O2. The van der Waals surface area contributed by atoms with Crippen LogP contribution in [0.2, 0.25) is 0 Å². The third kappa shape index (κ3) is 2.30. The van der Waals surface area contributed by atoms with Crippen LogP contribution in [0, 0.1) is 12.7 Å². The fraction of sp³-hybridized carbons (Fsp3) is 0.182. The summed E-state index contributed by atoms with van der Waals surface area (Å²) in [4.78, 5) is 23.1. The van der Waals surface area contributed by atoms with Crippen molar-refractivity contribution in [2.24, 2.45) is 0 Å². The molecular weight excluding hydrogens is 225 g/mol. The van der Waals surface area contributed by atoms with Crippen molar-refractivity contribution in [1.29, 1.82) is 0 Å². The Bertz CT molecular complexity index is 643. The molecule has 0 bridgehead atoms. The standard InChI is InChI=1S/C11H10FN3O2/c1-7-10(16)15(11(17)14-13-7)6-8-2-4-9(12)5-3-8/h2-5H,6H2,1H3,(H,14,17). The molecule has 1 N–H and O–H groups in total. The van der Waals surface area contributed by atoms with Gasteiger partial charge < -0.3 is 0 Å². The third-order valence-electron chi connectivity index (χ3n) is 2.37. The Kier molecular flexibility index (Phi) is 2.86. The van der Waals surface area contributed by atoms with Crippen LogP contribution in [0.1, 0.15) is 11.3 Å². The van der Waals surface area contributed by atoms with E-state index in [9.17, 15) is 14.0 Å². The van der Waals surface area contributed by atoms with E-state index in [0.29, 0.717) is 5.56 Å². The van der Waals surface area contributed by atoms with Crippen molar-refractivity contribution in [2.75, 3.05) is 0 Å². The lowest BCUT2D eigenvalue weighted by Crippen LogP contribution is -2.37. The highest BCUT2D eigenvalue weighted by Gasteiger charge is 2.05. The number of hydrogen-bond acceptors (Lipinski definition) is 3. The van der Waals surface area contributed by atoms with Crippen molar-refractivity contribution in [3.8, 4) is 0 Å². The van der Waals surface area contributed by atoms with Gasteiger partial charge in [-0.05, 0) is 24.6 Å². The zero-order chi connectivity index (χ0) is 12.4. The lowest BCUT2D eigenvalue weighted by Gasteiger charge is -2.04. The average Bonchev–Trinajstić information content (AvgIpc) is 2.32. The van der Waals surface area contributed by atoms with Crippen molar-refractivity contribution in [2.45, 2.75) is 13.5 Å². The first kappa shape index (κ1) is 11.3. The summed E-state index contributed by atoms with van der Waals surface area (Å²) in [6.07, 6.45) is 0. The maximum absolute atomic E-state index is 12.7. The molecule has 1 heterocycles. The van der Waals surface area contributed by atoms with E-state index in [1.54, 1.807) is 0 Å². The molecule has 17 heavy (non-hydrogen) atoms. The molecule has 0 fully saturated rings. The van der Waals surface area contributed by atoms with Crippen LogP contribution >= 0.6 is 0 Å². The first-order valence-corrected chi connectivity index (χ1v) is 4.98. The van der Waals surface area contributed by atoms with Gasteiger partial charge >= 0.3 is 5.69 Å². The molecule has 88 valence electrons. The fourth-order valence-corrected chi connectivity index (χ4v) is 1.44. The quantitative estimate of drug-likeness (QED) is 0.820. The summed E-state index contributed by atoms with van der Waals surface area (Å²) >= 11 is 0. The predicted molar refractivity (Wildman–Crippen MR) is 59.4 cm³/mol. The number of nitrogens with one attached hydrogen (secondary N) is 1. The van der Waals surface area contributed by atoms with Gasteiger partial charge in [0.25, 0.3) is 5.56 Å². The first-order valence-electron chi connectivity index (χ1n) is 4.98. The predicted octanol–water partition coefficient (Wildman–Crippen LogP) is 0.427. The van der Waals surface area contributed by atoms with Crippen LogP contribution in [0.4, 0.5) is 4.39 Å². The van der Waals surface area contributed by atoms with E-state index in [1.807, 2.05) is 0 Å². The SMILES string of the molecule is Cc1n[nH]c(=O)n(Cc2ccc(F)cc2)c1=O. The fourth-order valence-electron chi connectivity index (χ4n) is 1.44. The van der Waals surface area contributed by atoms with Crippen LogP contribution in [0.15, 0.2) is 33.9 Å². The molecule has 1 aromatic heterocycles. The highest BCUT2D eigenvalue weighted by molar-refractivity contribution is 5.16. The number of nitrogens with zero attached hydrogens (tertiary/aromatic N) is 2. The van der Waals surface area contributed by atoms with Gasteiger partial charge in [0.2, 0.25) is 0 Å². The molecule has 5 nitrogen and oxygen atoms in total. The molecule has 6 heteroatoms. The molecule has 0 spiro atoms. The van der Waals surface area contributed by atoms with Gasteiger partial charge in [-0.15, -0.1) is 0 Å². The third-order valence-corrected chi connectivity index (χ3v) is 2.37. The normalized spacial score (nSPS) is 10.5. The van der Waals surface area contributed by atoms with Gasteiger partial charge in [0.1, 0.15) is 11.5 Å². The minimum Gasteiger partial charge on any atom is -0.267 e. The summed E-state index contributed by atoms with van der Waals surface area (Å²) in [6.45, 7) is 1.61. The zero-order valence-electron chi connectivity index (χ0n) is 9.11. The molecule has 0 atom stereocenters. The molecule has 0 unspecified atom stereocenters. The number of aromatic nitrogens is 3. The molecule has 0 aliphatic carbocycles. The van der Waals surface area contributed by atoms with E-state index in [-0.39, 0.29) is 18.1 Å². The lowest BCUT2D eigenvalue weighted by atomic mass is 10.2. The average molecular weight is 235 g/mol. The zero-order valence-corrected chi connectivity index (χ0v) is 9.11. The van der Waals surface area contributed by atoms with E-state index in [2.05, 4.69) is 10.2 Å². The van der Waals surface area contributed by atoms with Crippen LogP contribution in [-0.4, -0.2) is 14.8 Å². The maximum atomic E-state index is 12.7. The number of rotatable bonds is 2. The molecule has 1 aromatic carbocycles. The summed E-state index contributed by atoms with van der Waals surface area (Å²) < 4.78 is 13.7. The van der Waals surface area contributed by atoms with Crippen molar-refractivity contribution < 1.29 is 4.39 Å². The van der Waals surface area contributed by atoms with Crippen molar-refractivity contribution >= 4 is 0 Å². The van der Waals surface area contributed by atoms with Crippen molar-refractivity contribution in [3.05, 3.63) is 62.2 Å². The Labute approximate surface area is 95.5 Å². The van der Waals surface area contributed by atoms with Gasteiger partial charge in [-0.25, -0.2) is 14.3 Å². The van der Waals surface area contributed by atoms with E-state index in [4.69, 9.17) is 0 Å². The number of H-pyrrole nitrogens is 1. The summed E-state index contributed by atoms with van der Waals surface area (Å²) in [6, 6.07) is 5.61. The monoisotopic (exact) mass is 235 g/mol. The summed E-state index contributed by atoms with van der Waals surface area (Å²) in [5, 5.41) is 5.79. The molecule has 0 aliphatic rings. The maximum Gasteiger partial charge on any atom is 0.345 e. The van der Waals surface area contributed by atoms with E-state index >= 15 is 0 Å². The Hall–Kier alpha value is -2.24. The molecule has 0 saturated carbocycles. The van der Waals surface area contributed by atoms with E-state index in [1.165, 1.54) is 31.2 Å². The summed E-state index contributed by atoms with van der Waals surface area (Å²) in [5.74, 6) is -0.360. The van der Waals surface area contributed by atoms with Crippen molar-refractivity contribution in [1.82, 2.24) is 14.8 Å². The molecule has 0 aliphatic heterocycles. The Balaban J connectivity index is 2.43. The topological polar surface area (TPSA) is 67.8 Å². The summed E-state index contributed by atoms with van der Waals surface area (Å²) in [7, 11) is 0. The van der Waals surface area contributed by atoms with Crippen LogP contribution in [0.5, 0.6) is 0 Å². The minimum absolute atomic E-state index is 0.0950. The highest BCUT2D eigenvalue weighted by atomic mass is 19.1. The molecule has 0 amide bonds. The number of benzene rings is 1. The Morgan fingerprint density at radius 3 is 2.59 bits per heavy atom. The molecule has 0 saturated heterocycles. The number of aromatic amines is 1. The molecule has 2 aromatic rings. The Morgan fingerprint density at radius 1 is 1.29 bits per heavy atom. The second-order valence-electron chi connectivity index (χ2n) is 3.63. The lowest BCUT2D eigenvalue weighted by molar-refractivity contribution is 0.623. The van der Waals surface area contributed by atoms with Gasteiger partial charge in [0, 0.05) is 0 Å². The van der Waals surface area contributed by atoms with E-state index in [0.717, 1.165) is 4.57 Å². The van der Waals surface area contributed by atoms with Crippen molar-refractivity contribution in [3.63, 3.8) is 0 Å². The number of halogens is 1. The largest absolute Gasteiger partial charge is 0.345 e. The van der Waals surface area contributed by atoms with Crippen LogP contribution in [-0.2, 0) is 6.54 Å². The van der Waals surface area contributed by atoms with Gasteiger partial charge in [0.05, 0.1) is 6.54 Å². The Morgan fingerprint density at radius 2 is 1.94 bits per heavy atom. The van der Waals surface area contributed by atoms with Gasteiger partial charge in [-0.1, -0.05) is 12.1 Å².